The van der Waals surface area contributed by atoms with Crippen LogP contribution in [0.3, 0.4) is 0 Å². The third kappa shape index (κ3) is 3.46. The number of H-pyrrole nitrogens is 1. The quantitative estimate of drug-likeness (QED) is 0.745. The molecule has 2 aromatic carbocycles. The van der Waals surface area contributed by atoms with Gasteiger partial charge in [-0.2, -0.15) is 0 Å². The van der Waals surface area contributed by atoms with Gasteiger partial charge >= 0.3 is 0 Å². The number of amides is 1. The number of ether oxygens (including phenoxy) is 1. The first-order chi connectivity index (χ1) is 14.0. The normalized spacial score (nSPS) is 14.3. The molecule has 1 fully saturated rings. The Morgan fingerprint density at radius 2 is 1.83 bits per heavy atom. The van der Waals surface area contributed by atoms with Crippen LogP contribution in [0.4, 0.5) is 5.69 Å². The molecule has 150 valence electrons. The molecule has 1 saturated heterocycles. The van der Waals surface area contributed by atoms with E-state index in [1.54, 1.807) is 30.2 Å². The molecule has 0 atom stereocenters. The molecule has 6 nitrogen and oxygen atoms in total. The summed E-state index contributed by atoms with van der Waals surface area (Å²) in [4.78, 5) is 33.0. The van der Waals surface area contributed by atoms with Gasteiger partial charge in [-0.15, -0.1) is 0 Å². The van der Waals surface area contributed by atoms with Crippen molar-refractivity contribution in [1.29, 1.82) is 0 Å². The van der Waals surface area contributed by atoms with Crippen molar-refractivity contribution < 1.29 is 9.53 Å². The van der Waals surface area contributed by atoms with Gasteiger partial charge in [-0.25, -0.2) is 0 Å². The highest BCUT2D eigenvalue weighted by molar-refractivity contribution is 5.97. The Labute approximate surface area is 169 Å². The molecule has 2 heterocycles. The SMILES string of the molecule is COc1ccc2c(=O)c(C(=O)N3CCN(c4cccc(C)c4C)CC3)c[nH]c2c1. The maximum absolute atomic E-state index is 13.0. The molecular weight excluding hydrogens is 366 g/mol. The van der Waals surface area contributed by atoms with Gasteiger partial charge in [0.25, 0.3) is 5.91 Å². The number of aryl methyl sites for hydroxylation is 1. The zero-order chi connectivity index (χ0) is 20.5. The zero-order valence-corrected chi connectivity index (χ0v) is 17.0. The molecule has 3 aromatic rings. The summed E-state index contributed by atoms with van der Waals surface area (Å²) in [6.07, 6.45) is 1.52. The van der Waals surface area contributed by atoms with Crippen LogP contribution in [-0.2, 0) is 0 Å². The van der Waals surface area contributed by atoms with E-state index in [2.05, 4.69) is 41.9 Å². The number of pyridine rings is 1. The summed E-state index contributed by atoms with van der Waals surface area (Å²) in [5.74, 6) is 0.444. The van der Waals surface area contributed by atoms with Gasteiger partial charge in [0.05, 0.1) is 12.6 Å². The monoisotopic (exact) mass is 391 g/mol. The highest BCUT2D eigenvalue weighted by atomic mass is 16.5. The molecule has 0 unspecified atom stereocenters. The summed E-state index contributed by atoms with van der Waals surface area (Å²) < 4.78 is 5.20. The molecule has 0 spiro atoms. The van der Waals surface area contributed by atoms with E-state index in [9.17, 15) is 9.59 Å². The van der Waals surface area contributed by atoms with Crippen molar-refractivity contribution in [2.45, 2.75) is 13.8 Å². The Morgan fingerprint density at radius 1 is 1.07 bits per heavy atom. The van der Waals surface area contributed by atoms with Crippen molar-refractivity contribution in [1.82, 2.24) is 9.88 Å². The number of nitrogens with zero attached hydrogens (tertiary/aromatic N) is 2. The predicted molar refractivity (Wildman–Crippen MR) is 115 cm³/mol. The number of hydrogen-bond donors (Lipinski definition) is 1. The number of nitrogens with one attached hydrogen (secondary N) is 1. The van der Waals surface area contributed by atoms with Gasteiger partial charge in [0.15, 0.2) is 0 Å². The Kier molecular flexibility index (Phi) is 5.01. The Morgan fingerprint density at radius 3 is 2.55 bits per heavy atom. The number of rotatable bonds is 3. The number of carbonyl (C=O) groups is 1. The first kappa shape index (κ1) is 19.1. The van der Waals surface area contributed by atoms with Crippen molar-refractivity contribution in [3.63, 3.8) is 0 Å². The summed E-state index contributed by atoms with van der Waals surface area (Å²) in [6.45, 7) is 6.92. The molecule has 0 saturated carbocycles. The molecule has 1 aliphatic heterocycles. The number of anilines is 1. The molecule has 29 heavy (non-hydrogen) atoms. The fourth-order valence-corrected chi connectivity index (χ4v) is 3.89. The molecular formula is C23H25N3O3. The summed E-state index contributed by atoms with van der Waals surface area (Å²) >= 11 is 0. The first-order valence-corrected chi connectivity index (χ1v) is 9.79. The molecule has 1 aromatic heterocycles. The van der Waals surface area contributed by atoms with E-state index < -0.39 is 0 Å². The summed E-state index contributed by atoms with van der Waals surface area (Å²) in [6, 6.07) is 11.5. The molecule has 0 bridgehead atoms. The van der Waals surface area contributed by atoms with Crippen molar-refractivity contribution in [2.24, 2.45) is 0 Å². The average molecular weight is 391 g/mol. The van der Waals surface area contributed by atoms with Crippen molar-refractivity contribution in [3.8, 4) is 5.75 Å². The van der Waals surface area contributed by atoms with Crippen LogP contribution in [0, 0.1) is 13.8 Å². The number of aromatic amines is 1. The van der Waals surface area contributed by atoms with Gasteiger partial charge in [0, 0.05) is 49.5 Å². The van der Waals surface area contributed by atoms with Gasteiger partial charge in [0.2, 0.25) is 5.43 Å². The maximum Gasteiger partial charge on any atom is 0.259 e. The van der Waals surface area contributed by atoms with E-state index in [-0.39, 0.29) is 16.9 Å². The van der Waals surface area contributed by atoms with Crippen molar-refractivity contribution in [3.05, 3.63) is 69.5 Å². The average Bonchev–Trinajstić information content (AvgIpc) is 2.75. The smallest absolute Gasteiger partial charge is 0.259 e. The van der Waals surface area contributed by atoms with Crippen molar-refractivity contribution >= 4 is 22.5 Å². The van der Waals surface area contributed by atoms with Crippen LogP contribution in [0.25, 0.3) is 10.9 Å². The van der Waals surface area contributed by atoms with Crippen LogP contribution < -0.4 is 15.1 Å². The van der Waals surface area contributed by atoms with Crippen LogP contribution >= 0.6 is 0 Å². The molecule has 0 radical (unpaired) electrons. The van der Waals surface area contributed by atoms with Gasteiger partial charge < -0.3 is 19.5 Å². The van der Waals surface area contributed by atoms with E-state index in [1.165, 1.54) is 23.0 Å². The molecule has 1 aliphatic rings. The second-order valence-corrected chi connectivity index (χ2v) is 7.44. The zero-order valence-electron chi connectivity index (χ0n) is 17.0. The van der Waals surface area contributed by atoms with E-state index in [1.807, 2.05) is 0 Å². The van der Waals surface area contributed by atoms with E-state index in [0.29, 0.717) is 29.7 Å². The van der Waals surface area contributed by atoms with Crippen LogP contribution in [0.2, 0.25) is 0 Å². The lowest BCUT2D eigenvalue weighted by molar-refractivity contribution is 0.0745. The lowest BCUT2D eigenvalue weighted by Gasteiger charge is -2.37. The third-order valence-electron chi connectivity index (χ3n) is 5.80. The fourth-order valence-electron chi connectivity index (χ4n) is 3.89. The molecule has 1 amide bonds. The maximum atomic E-state index is 13.0. The number of piperazine rings is 1. The van der Waals surface area contributed by atoms with Crippen LogP contribution in [0.15, 0.2) is 47.4 Å². The molecule has 6 heteroatoms. The van der Waals surface area contributed by atoms with E-state index >= 15 is 0 Å². The highest BCUT2D eigenvalue weighted by Crippen LogP contribution is 2.24. The first-order valence-electron chi connectivity index (χ1n) is 9.79. The number of benzene rings is 2. The largest absolute Gasteiger partial charge is 0.497 e. The van der Waals surface area contributed by atoms with Crippen LogP contribution in [-0.4, -0.2) is 49.1 Å². The highest BCUT2D eigenvalue weighted by Gasteiger charge is 2.25. The summed E-state index contributed by atoms with van der Waals surface area (Å²) in [7, 11) is 1.58. The third-order valence-corrected chi connectivity index (χ3v) is 5.80. The minimum atomic E-state index is -0.247. The fraction of sp³-hybridized carbons (Fsp3) is 0.304. The predicted octanol–water partition coefficient (Wildman–Crippen LogP) is 3.12. The number of methoxy groups -OCH3 is 1. The Bertz CT molecular complexity index is 1130. The van der Waals surface area contributed by atoms with Gasteiger partial charge in [0.1, 0.15) is 11.3 Å². The van der Waals surface area contributed by atoms with Gasteiger partial charge in [-0.3, -0.25) is 9.59 Å². The van der Waals surface area contributed by atoms with Crippen LogP contribution in [0.1, 0.15) is 21.5 Å². The van der Waals surface area contributed by atoms with Gasteiger partial charge in [-0.1, -0.05) is 12.1 Å². The Balaban J connectivity index is 1.53. The Hall–Kier alpha value is -3.28. The lowest BCUT2D eigenvalue weighted by Crippen LogP contribution is -2.49. The molecule has 1 N–H and O–H groups in total. The minimum Gasteiger partial charge on any atom is -0.497 e. The standard InChI is InChI=1S/C23H25N3O3/c1-15-5-4-6-21(16(15)2)25-9-11-26(12-10-25)23(28)19-14-24-20-13-17(29-3)7-8-18(20)22(19)27/h4-8,13-14H,9-12H2,1-3H3,(H,24,27). The molecule has 4 rings (SSSR count). The van der Waals surface area contributed by atoms with E-state index in [0.717, 1.165) is 13.1 Å². The second-order valence-electron chi connectivity index (χ2n) is 7.44. The van der Waals surface area contributed by atoms with Gasteiger partial charge in [-0.05, 0) is 43.2 Å². The lowest BCUT2D eigenvalue weighted by atomic mass is 10.1. The topological polar surface area (TPSA) is 65.6 Å². The van der Waals surface area contributed by atoms with Crippen molar-refractivity contribution in [2.75, 3.05) is 38.2 Å². The number of fused-ring (bicyclic) bond motifs is 1. The number of carbonyl (C=O) groups excluding carboxylic acids is 1. The molecule has 0 aliphatic carbocycles. The van der Waals surface area contributed by atoms with Crippen LogP contribution in [0.5, 0.6) is 5.75 Å². The number of hydrogen-bond acceptors (Lipinski definition) is 4. The summed E-state index contributed by atoms with van der Waals surface area (Å²) in [5.41, 5.74) is 4.35. The summed E-state index contributed by atoms with van der Waals surface area (Å²) in [5, 5.41) is 0.491. The van der Waals surface area contributed by atoms with E-state index in [4.69, 9.17) is 4.74 Å². The second kappa shape index (κ2) is 7.62. The number of aromatic nitrogens is 1. The minimum absolute atomic E-state index is 0.183.